The molecule has 1 aliphatic rings. The summed E-state index contributed by atoms with van der Waals surface area (Å²) in [6.07, 6.45) is 3.17. The van der Waals surface area contributed by atoms with E-state index in [0.717, 1.165) is 24.2 Å². The van der Waals surface area contributed by atoms with Gasteiger partial charge in [-0.25, -0.2) is 4.90 Å². The van der Waals surface area contributed by atoms with Crippen LogP contribution in [0.4, 0.5) is 5.69 Å². The minimum atomic E-state index is -0.530. The molecule has 1 heterocycles. The Labute approximate surface area is 169 Å². The van der Waals surface area contributed by atoms with Crippen LogP contribution in [0.25, 0.3) is 5.57 Å². The van der Waals surface area contributed by atoms with E-state index in [1.54, 1.807) is 30.3 Å². The summed E-state index contributed by atoms with van der Waals surface area (Å²) in [6, 6.07) is 12.4. The normalized spacial score (nSPS) is 14.1. The van der Waals surface area contributed by atoms with Crippen LogP contribution >= 0.6 is 11.6 Å². The average molecular weight is 400 g/mol. The monoisotopic (exact) mass is 399 g/mol. The molecule has 0 radical (unpaired) electrons. The van der Waals surface area contributed by atoms with Crippen molar-refractivity contribution in [3.8, 4) is 11.5 Å². The molecule has 3 rings (SSSR count). The van der Waals surface area contributed by atoms with Crippen LogP contribution in [0, 0.1) is 0 Å². The first kappa shape index (κ1) is 20.0. The van der Waals surface area contributed by atoms with Gasteiger partial charge in [0, 0.05) is 0 Å². The van der Waals surface area contributed by atoms with Gasteiger partial charge in [-0.2, -0.15) is 0 Å². The summed E-state index contributed by atoms with van der Waals surface area (Å²) in [7, 11) is 3.03. The lowest BCUT2D eigenvalue weighted by Gasteiger charge is -2.16. The number of nitrogens with zero attached hydrogens (tertiary/aromatic N) is 1. The molecule has 0 unspecified atom stereocenters. The molecular weight excluding hydrogens is 378 g/mol. The lowest BCUT2D eigenvalue weighted by atomic mass is 10.1. The topological polar surface area (TPSA) is 55.8 Å². The van der Waals surface area contributed by atoms with Gasteiger partial charge in [-0.3, -0.25) is 9.59 Å². The van der Waals surface area contributed by atoms with Crippen LogP contribution in [0.3, 0.4) is 0 Å². The molecule has 0 aliphatic carbocycles. The van der Waals surface area contributed by atoms with Crippen molar-refractivity contribution in [2.45, 2.75) is 26.2 Å². The van der Waals surface area contributed by atoms with Gasteiger partial charge in [0.1, 0.15) is 5.03 Å². The van der Waals surface area contributed by atoms with Crippen molar-refractivity contribution >= 4 is 34.7 Å². The molecule has 6 heteroatoms. The predicted octanol–water partition coefficient (Wildman–Crippen LogP) is 4.57. The first-order valence-electron chi connectivity index (χ1n) is 9.11. The minimum absolute atomic E-state index is 0.104. The number of carbonyl (C=O) groups excluding carboxylic acids is 2. The number of ether oxygens (including phenoxy) is 2. The van der Waals surface area contributed by atoms with Gasteiger partial charge >= 0.3 is 0 Å². The lowest BCUT2D eigenvalue weighted by molar-refractivity contribution is -0.119. The molecule has 5 nitrogen and oxygen atoms in total. The van der Waals surface area contributed by atoms with Gasteiger partial charge in [-0.1, -0.05) is 43.1 Å². The maximum absolute atomic E-state index is 13.0. The Kier molecular flexibility index (Phi) is 6.05. The van der Waals surface area contributed by atoms with Gasteiger partial charge in [0.2, 0.25) is 0 Å². The van der Waals surface area contributed by atoms with Crippen LogP contribution in [0.2, 0.25) is 0 Å². The van der Waals surface area contributed by atoms with Crippen LogP contribution in [0.1, 0.15) is 30.9 Å². The highest BCUT2D eigenvalue weighted by Gasteiger charge is 2.39. The molecule has 146 valence electrons. The van der Waals surface area contributed by atoms with E-state index in [4.69, 9.17) is 21.1 Å². The smallest absolute Gasteiger partial charge is 0.277 e. The van der Waals surface area contributed by atoms with Crippen molar-refractivity contribution in [3.05, 3.63) is 58.6 Å². The molecule has 28 heavy (non-hydrogen) atoms. The predicted molar refractivity (Wildman–Crippen MR) is 110 cm³/mol. The van der Waals surface area contributed by atoms with E-state index in [-0.39, 0.29) is 10.6 Å². The third kappa shape index (κ3) is 3.62. The maximum atomic E-state index is 13.0. The Hall–Kier alpha value is -2.79. The van der Waals surface area contributed by atoms with E-state index in [9.17, 15) is 9.59 Å². The summed E-state index contributed by atoms with van der Waals surface area (Å²) in [5.41, 5.74) is 2.33. The Balaban J connectivity index is 1.92. The van der Waals surface area contributed by atoms with E-state index in [0.29, 0.717) is 22.7 Å². The summed E-state index contributed by atoms with van der Waals surface area (Å²) in [5.74, 6) is -0.00324. The Morgan fingerprint density at radius 3 is 2.21 bits per heavy atom. The van der Waals surface area contributed by atoms with E-state index in [1.165, 1.54) is 19.8 Å². The lowest BCUT2D eigenvalue weighted by Crippen LogP contribution is -2.31. The van der Waals surface area contributed by atoms with Crippen LogP contribution < -0.4 is 14.4 Å². The quantitative estimate of drug-likeness (QED) is 0.640. The molecule has 2 aromatic rings. The van der Waals surface area contributed by atoms with Crippen molar-refractivity contribution in [2.75, 3.05) is 19.1 Å². The fourth-order valence-electron chi connectivity index (χ4n) is 3.17. The van der Waals surface area contributed by atoms with Crippen LogP contribution in [-0.4, -0.2) is 26.0 Å². The molecule has 0 N–H and O–H groups in total. The summed E-state index contributed by atoms with van der Waals surface area (Å²) in [5, 5.41) is -0.104. The highest BCUT2D eigenvalue weighted by molar-refractivity contribution is 6.60. The molecule has 1 aliphatic heterocycles. The molecule has 0 spiro atoms. The number of benzene rings is 2. The van der Waals surface area contributed by atoms with Crippen molar-refractivity contribution < 1.29 is 19.1 Å². The number of amides is 2. The van der Waals surface area contributed by atoms with Gasteiger partial charge in [0.15, 0.2) is 11.5 Å². The number of hydrogen-bond acceptors (Lipinski definition) is 4. The summed E-state index contributed by atoms with van der Waals surface area (Å²) in [4.78, 5) is 26.8. The van der Waals surface area contributed by atoms with Gasteiger partial charge < -0.3 is 9.47 Å². The number of aryl methyl sites for hydroxylation is 1. The molecule has 0 saturated heterocycles. The van der Waals surface area contributed by atoms with Crippen molar-refractivity contribution in [3.63, 3.8) is 0 Å². The molecule has 2 amide bonds. The molecule has 0 fully saturated rings. The highest BCUT2D eigenvalue weighted by Crippen LogP contribution is 2.38. The number of carbonyl (C=O) groups is 2. The van der Waals surface area contributed by atoms with Crippen molar-refractivity contribution in [1.82, 2.24) is 0 Å². The van der Waals surface area contributed by atoms with Crippen LogP contribution in [0.5, 0.6) is 11.5 Å². The first-order valence-corrected chi connectivity index (χ1v) is 9.49. The van der Waals surface area contributed by atoms with Crippen molar-refractivity contribution in [2.24, 2.45) is 0 Å². The fraction of sp³-hybridized carbons (Fsp3) is 0.273. The van der Waals surface area contributed by atoms with E-state index >= 15 is 0 Å². The van der Waals surface area contributed by atoms with Gasteiger partial charge in [-0.15, -0.1) is 0 Å². The summed E-state index contributed by atoms with van der Waals surface area (Å²) in [6.45, 7) is 2.14. The molecule has 0 saturated carbocycles. The van der Waals surface area contributed by atoms with Crippen LogP contribution in [-0.2, 0) is 16.0 Å². The second-order valence-corrected chi connectivity index (χ2v) is 6.85. The zero-order valence-corrected chi connectivity index (χ0v) is 16.9. The molecule has 2 aromatic carbocycles. The third-order valence-corrected chi connectivity index (χ3v) is 5.06. The largest absolute Gasteiger partial charge is 0.493 e. The zero-order chi connectivity index (χ0) is 20.3. The second-order valence-electron chi connectivity index (χ2n) is 6.47. The maximum Gasteiger partial charge on any atom is 0.277 e. The number of anilines is 1. The van der Waals surface area contributed by atoms with Gasteiger partial charge in [-0.05, 0) is 48.2 Å². The van der Waals surface area contributed by atoms with Crippen molar-refractivity contribution in [1.29, 1.82) is 0 Å². The Bertz CT molecular complexity index is 934. The van der Waals surface area contributed by atoms with E-state index in [1.807, 2.05) is 12.1 Å². The number of hydrogen-bond donors (Lipinski definition) is 0. The fourth-order valence-corrected chi connectivity index (χ4v) is 3.45. The Morgan fingerprint density at radius 1 is 0.929 bits per heavy atom. The number of imide groups is 1. The van der Waals surface area contributed by atoms with E-state index in [2.05, 4.69) is 6.92 Å². The number of unbranched alkanes of at least 4 members (excludes halogenated alkanes) is 1. The standard InChI is InChI=1S/C22H22ClNO4/c1-4-5-6-14-7-10-16(11-8-14)24-21(25)19(20(23)22(24)26)15-9-12-17(27-2)18(13-15)28-3/h7-13H,4-6H2,1-3H3. The number of halogens is 1. The number of methoxy groups -OCH3 is 2. The summed E-state index contributed by atoms with van der Waals surface area (Å²) >= 11 is 6.27. The average Bonchev–Trinajstić information content (AvgIpc) is 2.94. The van der Waals surface area contributed by atoms with Crippen LogP contribution in [0.15, 0.2) is 47.5 Å². The second kappa shape index (κ2) is 8.48. The van der Waals surface area contributed by atoms with Gasteiger partial charge in [0.05, 0.1) is 25.5 Å². The summed E-state index contributed by atoms with van der Waals surface area (Å²) < 4.78 is 10.5. The third-order valence-electron chi connectivity index (χ3n) is 4.71. The Morgan fingerprint density at radius 2 is 1.61 bits per heavy atom. The van der Waals surface area contributed by atoms with E-state index < -0.39 is 11.8 Å². The first-order chi connectivity index (χ1) is 13.5. The van der Waals surface area contributed by atoms with Gasteiger partial charge in [0.25, 0.3) is 11.8 Å². The number of rotatable bonds is 7. The highest BCUT2D eigenvalue weighted by atomic mass is 35.5. The molecular formula is C22H22ClNO4. The SMILES string of the molecule is CCCCc1ccc(N2C(=O)C(Cl)=C(c3ccc(OC)c(OC)c3)C2=O)cc1. The molecule has 0 atom stereocenters. The molecule has 0 bridgehead atoms. The zero-order valence-electron chi connectivity index (χ0n) is 16.1. The molecule has 0 aromatic heterocycles. The minimum Gasteiger partial charge on any atom is -0.493 e.